The van der Waals surface area contributed by atoms with Crippen molar-refractivity contribution in [2.45, 2.75) is 18.9 Å². The maximum Gasteiger partial charge on any atom is 0.249 e. The monoisotopic (exact) mass is 267 g/mol. The lowest BCUT2D eigenvalue weighted by atomic mass is 9.95. The smallest absolute Gasteiger partial charge is 0.249 e. The summed E-state index contributed by atoms with van der Waals surface area (Å²) in [7, 11) is 7.69. The predicted molar refractivity (Wildman–Crippen MR) is 78.0 cm³/mol. The number of nitrogens with zero attached hydrogens (tertiary/aromatic N) is 2. The number of piperidine rings is 1. The Bertz CT molecular complexity index is 629. The average molecular weight is 267 g/mol. The quantitative estimate of drug-likeness (QED) is 0.575. The number of carbonyl (C=O) groups is 2. The van der Waals surface area contributed by atoms with Gasteiger partial charge in [0.1, 0.15) is 19.7 Å². The molecule has 1 aromatic carbocycles. The number of nitrogens with one attached hydrogen (secondary N) is 1. The molecule has 100 valence electrons. The standard InChI is InChI=1S/C14H14BN3O2/c1-8-17(2)12-7-9(15)3-4-10(12)18(8)11-5-6-13(19)16-14(11)20/h3-4,7,11H,1,5-6H2,2H3,(H,16,19,20). The van der Waals surface area contributed by atoms with Crippen LogP contribution in [0, 0.1) is 0 Å². The Labute approximate surface area is 118 Å². The SMILES string of the molecule is [B]c1ccc2c(c1)N(C)C(=C)N2C1CCC(=O)NC1=O. The van der Waals surface area contributed by atoms with E-state index < -0.39 is 6.04 Å². The molecule has 0 bridgehead atoms. The van der Waals surface area contributed by atoms with Gasteiger partial charge in [-0.2, -0.15) is 0 Å². The molecule has 0 saturated carbocycles. The van der Waals surface area contributed by atoms with Crippen molar-refractivity contribution in [2.75, 3.05) is 16.8 Å². The van der Waals surface area contributed by atoms with E-state index in [0.29, 0.717) is 24.1 Å². The number of fused-ring (bicyclic) bond motifs is 1. The molecule has 0 aliphatic carbocycles. The number of imide groups is 1. The van der Waals surface area contributed by atoms with Gasteiger partial charge in [0.15, 0.2) is 0 Å². The molecule has 1 saturated heterocycles. The summed E-state index contributed by atoms with van der Waals surface area (Å²) in [5.74, 6) is 0.211. The molecular weight excluding hydrogens is 253 g/mol. The maximum absolute atomic E-state index is 12.1. The van der Waals surface area contributed by atoms with Gasteiger partial charge >= 0.3 is 0 Å². The van der Waals surface area contributed by atoms with Crippen molar-refractivity contribution in [1.29, 1.82) is 0 Å². The lowest BCUT2D eigenvalue weighted by molar-refractivity contribution is -0.134. The van der Waals surface area contributed by atoms with Gasteiger partial charge in [-0.05, 0) is 18.6 Å². The summed E-state index contributed by atoms with van der Waals surface area (Å²) in [4.78, 5) is 27.1. The summed E-state index contributed by atoms with van der Waals surface area (Å²) in [5, 5.41) is 2.38. The third-order valence-corrected chi connectivity index (χ3v) is 3.81. The normalized spacial score (nSPS) is 22.1. The molecule has 1 atom stereocenters. The Morgan fingerprint density at radius 2 is 2.10 bits per heavy atom. The van der Waals surface area contributed by atoms with E-state index in [0.717, 1.165) is 11.4 Å². The molecule has 1 unspecified atom stereocenters. The van der Waals surface area contributed by atoms with E-state index in [2.05, 4.69) is 11.9 Å². The lowest BCUT2D eigenvalue weighted by Crippen LogP contribution is -2.52. The highest BCUT2D eigenvalue weighted by atomic mass is 16.2. The number of anilines is 2. The Kier molecular flexibility index (Phi) is 2.81. The second kappa shape index (κ2) is 4.40. The van der Waals surface area contributed by atoms with Crippen molar-refractivity contribution in [3.63, 3.8) is 0 Å². The summed E-state index contributed by atoms with van der Waals surface area (Å²) < 4.78 is 0. The van der Waals surface area contributed by atoms with Gasteiger partial charge in [-0.3, -0.25) is 14.9 Å². The molecule has 5 nitrogen and oxygen atoms in total. The Balaban J connectivity index is 2.01. The van der Waals surface area contributed by atoms with Crippen LogP contribution >= 0.6 is 0 Å². The maximum atomic E-state index is 12.1. The first-order valence-electron chi connectivity index (χ1n) is 6.44. The van der Waals surface area contributed by atoms with Gasteiger partial charge in [0.05, 0.1) is 11.4 Å². The van der Waals surface area contributed by atoms with Crippen molar-refractivity contribution in [2.24, 2.45) is 0 Å². The average Bonchev–Trinajstić information content (AvgIpc) is 2.63. The lowest BCUT2D eigenvalue weighted by Gasteiger charge is -2.32. The Morgan fingerprint density at radius 3 is 2.80 bits per heavy atom. The number of amides is 2. The zero-order valence-electron chi connectivity index (χ0n) is 11.2. The minimum absolute atomic E-state index is 0.220. The summed E-state index contributed by atoms with van der Waals surface area (Å²) in [6.45, 7) is 4.04. The highest BCUT2D eigenvalue weighted by molar-refractivity contribution is 6.33. The van der Waals surface area contributed by atoms with Crippen molar-refractivity contribution >= 4 is 36.5 Å². The van der Waals surface area contributed by atoms with Crippen molar-refractivity contribution in [3.05, 3.63) is 30.6 Å². The van der Waals surface area contributed by atoms with Crippen LogP contribution in [0.15, 0.2) is 30.6 Å². The van der Waals surface area contributed by atoms with E-state index in [1.54, 1.807) is 6.07 Å². The van der Waals surface area contributed by atoms with E-state index in [1.165, 1.54) is 0 Å². The number of benzene rings is 1. The number of rotatable bonds is 1. The molecule has 0 spiro atoms. The zero-order chi connectivity index (χ0) is 14.4. The van der Waals surface area contributed by atoms with Crippen LogP contribution in [0.1, 0.15) is 12.8 Å². The van der Waals surface area contributed by atoms with Crippen LogP contribution in [0.3, 0.4) is 0 Å². The highest BCUT2D eigenvalue weighted by Gasteiger charge is 2.38. The first kappa shape index (κ1) is 12.8. The molecule has 2 amide bonds. The fourth-order valence-corrected chi connectivity index (χ4v) is 2.73. The van der Waals surface area contributed by atoms with E-state index in [-0.39, 0.29) is 11.8 Å². The van der Waals surface area contributed by atoms with E-state index in [9.17, 15) is 9.59 Å². The molecule has 1 fully saturated rings. The summed E-state index contributed by atoms with van der Waals surface area (Å²) in [5.41, 5.74) is 2.47. The molecule has 2 heterocycles. The summed E-state index contributed by atoms with van der Waals surface area (Å²) >= 11 is 0. The Hall–Kier alpha value is -2.24. The van der Waals surface area contributed by atoms with Crippen molar-refractivity contribution < 1.29 is 9.59 Å². The zero-order valence-corrected chi connectivity index (χ0v) is 11.2. The fraction of sp³-hybridized carbons (Fsp3) is 0.286. The number of hydrogen-bond donors (Lipinski definition) is 1. The summed E-state index contributed by atoms with van der Waals surface area (Å²) in [6, 6.07) is 5.12. The second-order valence-corrected chi connectivity index (χ2v) is 5.06. The second-order valence-electron chi connectivity index (χ2n) is 5.06. The largest absolute Gasteiger partial charge is 0.330 e. The van der Waals surface area contributed by atoms with Crippen LogP contribution in [0.5, 0.6) is 0 Å². The Morgan fingerprint density at radius 1 is 1.35 bits per heavy atom. The van der Waals surface area contributed by atoms with Gasteiger partial charge in [-0.25, -0.2) is 0 Å². The minimum atomic E-state index is -0.410. The van der Waals surface area contributed by atoms with Crippen LogP contribution in [0.4, 0.5) is 11.4 Å². The molecule has 2 aliphatic rings. The fourth-order valence-electron chi connectivity index (χ4n) is 2.73. The van der Waals surface area contributed by atoms with Gasteiger partial charge < -0.3 is 9.80 Å². The number of carbonyl (C=O) groups excluding carboxylic acids is 2. The van der Waals surface area contributed by atoms with Crippen molar-refractivity contribution in [1.82, 2.24) is 5.32 Å². The van der Waals surface area contributed by atoms with Crippen LogP contribution in [0.2, 0.25) is 0 Å². The molecule has 0 aromatic heterocycles. The molecule has 2 radical (unpaired) electrons. The van der Waals surface area contributed by atoms with Crippen LogP contribution in [0.25, 0.3) is 0 Å². The number of hydrogen-bond acceptors (Lipinski definition) is 4. The third kappa shape index (κ3) is 1.79. The van der Waals surface area contributed by atoms with E-state index in [1.807, 2.05) is 29.0 Å². The first-order valence-corrected chi connectivity index (χ1v) is 6.44. The van der Waals surface area contributed by atoms with E-state index in [4.69, 9.17) is 7.85 Å². The topological polar surface area (TPSA) is 52.6 Å². The van der Waals surface area contributed by atoms with Gasteiger partial charge in [-0.1, -0.05) is 18.1 Å². The molecular formula is C14H14BN3O2. The van der Waals surface area contributed by atoms with Crippen molar-refractivity contribution in [3.8, 4) is 0 Å². The molecule has 1 aromatic rings. The van der Waals surface area contributed by atoms with E-state index >= 15 is 0 Å². The van der Waals surface area contributed by atoms with Crippen LogP contribution < -0.4 is 20.6 Å². The summed E-state index contributed by atoms with van der Waals surface area (Å²) in [6.07, 6.45) is 0.829. The van der Waals surface area contributed by atoms with Gasteiger partial charge in [-0.15, -0.1) is 0 Å². The van der Waals surface area contributed by atoms with Gasteiger partial charge in [0.2, 0.25) is 11.8 Å². The molecule has 6 heteroatoms. The third-order valence-electron chi connectivity index (χ3n) is 3.81. The van der Waals surface area contributed by atoms with Gasteiger partial charge in [0.25, 0.3) is 0 Å². The first-order chi connectivity index (χ1) is 9.49. The molecule has 2 aliphatic heterocycles. The van der Waals surface area contributed by atoms with Crippen LogP contribution in [-0.2, 0) is 9.59 Å². The molecule has 1 N–H and O–H groups in total. The van der Waals surface area contributed by atoms with Crippen LogP contribution in [-0.4, -0.2) is 32.8 Å². The molecule has 3 rings (SSSR count). The minimum Gasteiger partial charge on any atom is -0.330 e. The predicted octanol–water partition coefficient (Wildman–Crippen LogP) is 0.0130. The van der Waals surface area contributed by atoms with Gasteiger partial charge in [0, 0.05) is 13.5 Å². The molecule has 20 heavy (non-hydrogen) atoms. The highest BCUT2D eigenvalue weighted by Crippen LogP contribution is 2.41.